The van der Waals surface area contributed by atoms with Gasteiger partial charge >= 0.3 is 0 Å². The zero-order valence-corrected chi connectivity index (χ0v) is 13.4. The molecule has 0 spiro atoms. The third-order valence-electron chi connectivity index (χ3n) is 4.44. The summed E-state index contributed by atoms with van der Waals surface area (Å²) in [5, 5.41) is 8.17. The summed E-state index contributed by atoms with van der Waals surface area (Å²) in [6.45, 7) is 13.4. The fourth-order valence-corrected chi connectivity index (χ4v) is 3.16. The molecular formula is C16H30N4. The van der Waals surface area contributed by atoms with Gasteiger partial charge in [0.05, 0.1) is 5.69 Å². The molecule has 1 aliphatic rings. The second kappa shape index (κ2) is 7.79. The summed E-state index contributed by atoms with van der Waals surface area (Å²) in [6.07, 6.45) is 5.28. The molecule has 0 atom stereocenters. The Labute approximate surface area is 123 Å². The van der Waals surface area contributed by atoms with Gasteiger partial charge in [-0.25, -0.2) is 0 Å². The number of likely N-dealkylation sites (tertiary alicyclic amines) is 1. The maximum absolute atomic E-state index is 4.58. The van der Waals surface area contributed by atoms with Crippen molar-refractivity contribution in [2.24, 2.45) is 0 Å². The van der Waals surface area contributed by atoms with E-state index in [0.717, 1.165) is 26.1 Å². The van der Waals surface area contributed by atoms with E-state index in [1.165, 1.54) is 55.8 Å². The Morgan fingerprint density at radius 2 is 1.85 bits per heavy atom. The predicted molar refractivity (Wildman–Crippen MR) is 84.2 cm³/mol. The smallest absolute Gasteiger partial charge is 0.0628 e. The van der Waals surface area contributed by atoms with Gasteiger partial charge in [0.25, 0.3) is 0 Å². The van der Waals surface area contributed by atoms with Crippen LogP contribution in [0.1, 0.15) is 43.1 Å². The molecule has 1 aromatic heterocycles. The van der Waals surface area contributed by atoms with Crippen molar-refractivity contribution in [2.75, 3.05) is 32.7 Å². The first kappa shape index (κ1) is 15.5. The number of hydrogen-bond donors (Lipinski definition) is 1. The van der Waals surface area contributed by atoms with Gasteiger partial charge in [-0.2, -0.15) is 5.10 Å². The van der Waals surface area contributed by atoms with Gasteiger partial charge in [-0.1, -0.05) is 6.42 Å². The summed E-state index contributed by atoms with van der Waals surface area (Å²) in [5.41, 5.74) is 3.96. The van der Waals surface area contributed by atoms with Crippen LogP contribution in [0.4, 0.5) is 0 Å². The molecule has 1 saturated heterocycles. The lowest BCUT2D eigenvalue weighted by molar-refractivity contribution is 0.229. The third kappa shape index (κ3) is 4.06. The van der Waals surface area contributed by atoms with Crippen molar-refractivity contribution in [3.8, 4) is 0 Å². The molecule has 0 unspecified atom stereocenters. The van der Waals surface area contributed by atoms with Crippen molar-refractivity contribution in [1.29, 1.82) is 0 Å². The maximum Gasteiger partial charge on any atom is 0.0628 e. The highest BCUT2D eigenvalue weighted by Gasteiger charge is 2.11. The molecule has 0 amide bonds. The molecule has 1 aliphatic heterocycles. The number of nitrogens with zero attached hydrogens (tertiary/aromatic N) is 3. The van der Waals surface area contributed by atoms with Crippen LogP contribution >= 0.6 is 0 Å². The van der Waals surface area contributed by atoms with Crippen LogP contribution < -0.4 is 5.32 Å². The van der Waals surface area contributed by atoms with Gasteiger partial charge in [0.2, 0.25) is 0 Å². The highest BCUT2D eigenvalue weighted by molar-refractivity contribution is 5.24. The van der Waals surface area contributed by atoms with E-state index in [1.807, 2.05) is 0 Å². The zero-order chi connectivity index (χ0) is 14.4. The molecule has 0 aliphatic carbocycles. The van der Waals surface area contributed by atoms with E-state index in [0.29, 0.717) is 0 Å². The molecule has 1 aromatic rings. The van der Waals surface area contributed by atoms with E-state index in [2.05, 4.69) is 40.8 Å². The summed E-state index contributed by atoms with van der Waals surface area (Å²) in [7, 11) is 0. The highest BCUT2D eigenvalue weighted by Crippen LogP contribution is 2.13. The number of aromatic nitrogens is 2. The fourth-order valence-electron chi connectivity index (χ4n) is 3.16. The molecule has 1 N–H and O–H groups in total. The summed E-state index contributed by atoms with van der Waals surface area (Å²) in [6, 6.07) is 0. The van der Waals surface area contributed by atoms with Crippen molar-refractivity contribution in [1.82, 2.24) is 20.0 Å². The number of piperidine rings is 1. The molecule has 0 saturated carbocycles. The van der Waals surface area contributed by atoms with Gasteiger partial charge < -0.3 is 10.2 Å². The Kier molecular flexibility index (Phi) is 6.05. The van der Waals surface area contributed by atoms with Gasteiger partial charge in [0, 0.05) is 25.3 Å². The van der Waals surface area contributed by atoms with Gasteiger partial charge in [-0.15, -0.1) is 0 Å². The molecule has 0 aromatic carbocycles. The van der Waals surface area contributed by atoms with Crippen LogP contribution in [0.2, 0.25) is 0 Å². The second-order valence-corrected chi connectivity index (χ2v) is 5.87. The maximum atomic E-state index is 4.58. The first-order chi connectivity index (χ1) is 9.72. The van der Waals surface area contributed by atoms with E-state index >= 15 is 0 Å². The third-order valence-corrected chi connectivity index (χ3v) is 4.44. The molecule has 2 rings (SSSR count). The van der Waals surface area contributed by atoms with E-state index in [9.17, 15) is 0 Å². The zero-order valence-electron chi connectivity index (χ0n) is 13.4. The summed E-state index contributed by atoms with van der Waals surface area (Å²) < 4.78 is 2.11. The Hall–Kier alpha value is -0.870. The van der Waals surface area contributed by atoms with Crippen molar-refractivity contribution in [2.45, 2.75) is 53.0 Å². The highest BCUT2D eigenvalue weighted by atomic mass is 15.3. The Balaban J connectivity index is 1.66. The van der Waals surface area contributed by atoms with Gasteiger partial charge in [0.1, 0.15) is 0 Å². The van der Waals surface area contributed by atoms with Crippen molar-refractivity contribution < 1.29 is 0 Å². The molecule has 4 nitrogen and oxygen atoms in total. The van der Waals surface area contributed by atoms with Gasteiger partial charge in [0.15, 0.2) is 0 Å². The average Bonchev–Trinajstić information content (AvgIpc) is 2.75. The lowest BCUT2D eigenvalue weighted by Gasteiger charge is -2.26. The van der Waals surface area contributed by atoms with Crippen molar-refractivity contribution >= 4 is 0 Å². The number of rotatable bonds is 7. The minimum Gasteiger partial charge on any atom is -0.315 e. The van der Waals surface area contributed by atoms with Gasteiger partial charge in [-0.3, -0.25) is 4.68 Å². The standard InChI is InChI=1S/C16H30N4/c1-4-20-15(3)16(14(2)18-20)8-9-17-10-13-19-11-6-5-7-12-19/h17H,4-13H2,1-3H3. The molecule has 20 heavy (non-hydrogen) atoms. The van der Waals surface area contributed by atoms with E-state index in [-0.39, 0.29) is 0 Å². The molecule has 1 fully saturated rings. The molecule has 2 heterocycles. The van der Waals surface area contributed by atoms with Crippen molar-refractivity contribution in [3.63, 3.8) is 0 Å². The van der Waals surface area contributed by atoms with Crippen LogP contribution in [0.25, 0.3) is 0 Å². The van der Waals surface area contributed by atoms with Crippen LogP contribution in [-0.4, -0.2) is 47.4 Å². The second-order valence-electron chi connectivity index (χ2n) is 5.87. The monoisotopic (exact) mass is 278 g/mol. The van der Waals surface area contributed by atoms with E-state index < -0.39 is 0 Å². The van der Waals surface area contributed by atoms with E-state index in [4.69, 9.17) is 0 Å². The summed E-state index contributed by atoms with van der Waals surface area (Å²) in [4.78, 5) is 2.59. The van der Waals surface area contributed by atoms with Crippen LogP contribution in [-0.2, 0) is 13.0 Å². The predicted octanol–water partition coefficient (Wildman–Crippen LogP) is 2.14. The number of hydrogen-bond acceptors (Lipinski definition) is 3. The fraction of sp³-hybridized carbons (Fsp3) is 0.812. The largest absolute Gasteiger partial charge is 0.315 e. The molecule has 114 valence electrons. The molecule has 0 radical (unpaired) electrons. The van der Waals surface area contributed by atoms with Crippen LogP contribution in [0.3, 0.4) is 0 Å². The lowest BCUT2D eigenvalue weighted by Crippen LogP contribution is -2.36. The summed E-state index contributed by atoms with van der Waals surface area (Å²) in [5.74, 6) is 0. The van der Waals surface area contributed by atoms with Crippen LogP contribution in [0.15, 0.2) is 0 Å². The molecule has 4 heteroatoms. The SMILES string of the molecule is CCn1nc(C)c(CCNCCN2CCCCC2)c1C. The van der Waals surface area contributed by atoms with Gasteiger partial charge in [-0.05, 0) is 65.2 Å². The normalized spacial score (nSPS) is 16.8. The minimum atomic E-state index is 0.967. The lowest BCUT2D eigenvalue weighted by atomic mass is 10.1. The van der Waals surface area contributed by atoms with Crippen LogP contribution in [0.5, 0.6) is 0 Å². The Bertz CT molecular complexity index is 405. The first-order valence-corrected chi connectivity index (χ1v) is 8.18. The molecule has 0 bridgehead atoms. The topological polar surface area (TPSA) is 33.1 Å². The number of nitrogens with one attached hydrogen (secondary N) is 1. The quantitative estimate of drug-likeness (QED) is 0.776. The minimum absolute atomic E-state index is 0.967. The van der Waals surface area contributed by atoms with Crippen molar-refractivity contribution in [3.05, 3.63) is 17.0 Å². The molecular weight excluding hydrogens is 248 g/mol. The van der Waals surface area contributed by atoms with E-state index in [1.54, 1.807) is 0 Å². The summed E-state index contributed by atoms with van der Waals surface area (Å²) >= 11 is 0. The Morgan fingerprint density at radius 3 is 2.50 bits per heavy atom. The first-order valence-electron chi connectivity index (χ1n) is 8.18. The number of aryl methyl sites for hydroxylation is 2. The Morgan fingerprint density at radius 1 is 1.10 bits per heavy atom. The van der Waals surface area contributed by atoms with Crippen LogP contribution in [0, 0.1) is 13.8 Å². The average molecular weight is 278 g/mol.